The molecule has 1 atom stereocenters. The highest BCUT2D eigenvalue weighted by atomic mass is 14.9. The number of rotatable bonds is 6. The van der Waals surface area contributed by atoms with Gasteiger partial charge in [-0.05, 0) is 24.5 Å². The van der Waals surface area contributed by atoms with Gasteiger partial charge in [-0.25, -0.2) is 0 Å². The molecule has 2 rings (SSSR count). The van der Waals surface area contributed by atoms with E-state index in [4.69, 9.17) is 0 Å². The summed E-state index contributed by atoms with van der Waals surface area (Å²) in [7, 11) is 0. The largest absolute Gasteiger partial charge is 0.361 e. The Morgan fingerprint density at radius 3 is 2.61 bits per heavy atom. The Labute approximate surface area is 110 Å². The summed E-state index contributed by atoms with van der Waals surface area (Å²) in [5.74, 6) is 0.773. The molecule has 0 spiro atoms. The van der Waals surface area contributed by atoms with Crippen LogP contribution in [0.4, 0.5) is 0 Å². The van der Waals surface area contributed by atoms with Crippen molar-refractivity contribution in [3.8, 4) is 0 Å². The number of hydrogen-bond donors (Lipinski definition) is 2. The van der Waals surface area contributed by atoms with Crippen LogP contribution in [0.2, 0.25) is 0 Å². The van der Waals surface area contributed by atoms with Gasteiger partial charge in [0.05, 0.1) is 0 Å². The van der Waals surface area contributed by atoms with E-state index in [2.05, 4.69) is 61.5 Å². The lowest BCUT2D eigenvalue weighted by Gasteiger charge is -2.22. The van der Waals surface area contributed by atoms with Crippen LogP contribution in [-0.4, -0.2) is 11.0 Å². The second-order valence-corrected chi connectivity index (χ2v) is 5.11. The molecular weight excluding hydrogens is 220 g/mol. The van der Waals surface area contributed by atoms with Gasteiger partial charge in [0, 0.05) is 29.7 Å². The summed E-state index contributed by atoms with van der Waals surface area (Å²) in [5.41, 5.74) is 2.59. The molecule has 0 radical (unpaired) electrons. The highest BCUT2D eigenvalue weighted by molar-refractivity contribution is 5.82. The third-order valence-corrected chi connectivity index (χ3v) is 4.05. The maximum atomic E-state index is 3.66. The summed E-state index contributed by atoms with van der Waals surface area (Å²) >= 11 is 0. The van der Waals surface area contributed by atoms with Crippen LogP contribution >= 0.6 is 0 Å². The molecule has 2 nitrogen and oxygen atoms in total. The zero-order valence-electron chi connectivity index (χ0n) is 11.7. The molecule has 0 aliphatic carbocycles. The lowest BCUT2D eigenvalue weighted by molar-refractivity contribution is 0.353. The molecule has 0 fully saturated rings. The van der Waals surface area contributed by atoms with Crippen molar-refractivity contribution in [2.24, 2.45) is 5.92 Å². The minimum atomic E-state index is 0.577. The first-order valence-corrected chi connectivity index (χ1v) is 7.04. The van der Waals surface area contributed by atoms with Crippen molar-refractivity contribution in [3.05, 3.63) is 36.0 Å². The molecule has 1 heterocycles. The Morgan fingerprint density at radius 2 is 1.89 bits per heavy atom. The Kier molecular flexibility index (Phi) is 4.43. The summed E-state index contributed by atoms with van der Waals surface area (Å²) in [5, 5.41) is 4.99. The summed E-state index contributed by atoms with van der Waals surface area (Å²) in [6.07, 6.45) is 4.62. The van der Waals surface area contributed by atoms with Crippen LogP contribution < -0.4 is 5.32 Å². The predicted octanol–water partition coefficient (Wildman–Crippen LogP) is 4.08. The van der Waals surface area contributed by atoms with E-state index in [1.54, 1.807) is 0 Å². The van der Waals surface area contributed by atoms with Gasteiger partial charge >= 0.3 is 0 Å². The maximum Gasteiger partial charge on any atom is 0.0457 e. The zero-order chi connectivity index (χ0) is 13.0. The molecule has 2 N–H and O–H groups in total. The average Bonchev–Trinajstić information content (AvgIpc) is 2.81. The minimum Gasteiger partial charge on any atom is -0.361 e. The minimum absolute atomic E-state index is 0.577. The summed E-state index contributed by atoms with van der Waals surface area (Å²) in [6.45, 7) is 7.80. The number of hydrogen-bond acceptors (Lipinski definition) is 1. The van der Waals surface area contributed by atoms with Gasteiger partial charge in [-0.2, -0.15) is 0 Å². The molecule has 0 aliphatic rings. The van der Waals surface area contributed by atoms with Gasteiger partial charge in [-0.15, -0.1) is 0 Å². The Bertz CT molecular complexity index is 483. The molecule has 2 heteroatoms. The van der Waals surface area contributed by atoms with Gasteiger partial charge in [0.1, 0.15) is 0 Å². The molecule has 18 heavy (non-hydrogen) atoms. The quantitative estimate of drug-likeness (QED) is 0.787. The first-order valence-electron chi connectivity index (χ1n) is 7.04. The van der Waals surface area contributed by atoms with Crippen molar-refractivity contribution in [1.82, 2.24) is 10.3 Å². The van der Waals surface area contributed by atoms with E-state index in [0.717, 1.165) is 12.5 Å². The first-order chi connectivity index (χ1) is 8.76. The van der Waals surface area contributed by atoms with Gasteiger partial charge in [0.15, 0.2) is 0 Å². The molecule has 0 bridgehead atoms. The fourth-order valence-electron chi connectivity index (χ4n) is 2.71. The monoisotopic (exact) mass is 244 g/mol. The second kappa shape index (κ2) is 6.05. The van der Waals surface area contributed by atoms with E-state index >= 15 is 0 Å². The van der Waals surface area contributed by atoms with Crippen LogP contribution in [0, 0.1) is 5.92 Å². The van der Waals surface area contributed by atoms with Crippen LogP contribution in [0.5, 0.6) is 0 Å². The number of H-pyrrole nitrogens is 1. The fourth-order valence-corrected chi connectivity index (χ4v) is 2.71. The van der Waals surface area contributed by atoms with Crippen LogP contribution in [0.3, 0.4) is 0 Å². The van der Waals surface area contributed by atoms with Crippen molar-refractivity contribution in [2.75, 3.05) is 0 Å². The molecule has 98 valence electrons. The summed E-state index contributed by atoms with van der Waals surface area (Å²) in [6, 6.07) is 9.06. The summed E-state index contributed by atoms with van der Waals surface area (Å²) < 4.78 is 0. The van der Waals surface area contributed by atoms with Crippen molar-refractivity contribution in [3.63, 3.8) is 0 Å². The number of benzene rings is 1. The maximum absolute atomic E-state index is 3.66. The number of aromatic nitrogens is 1. The van der Waals surface area contributed by atoms with Crippen LogP contribution in [0.1, 0.15) is 39.2 Å². The van der Waals surface area contributed by atoms with E-state index < -0.39 is 0 Å². The molecule has 0 saturated carbocycles. The average molecular weight is 244 g/mol. The van der Waals surface area contributed by atoms with Gasteiger partial charge in [0.25, 0.3) is 0 Å². The van der Waals surface area contributed by atoms with Crippen LogP contribution in [0.25, 0.3) is 10.9 Å². The lowest BCUT2D eigenvalue weighted by atomic mass is 9.95. The number of fused-ring (bicyclic) bond motifs is 1. The molecule has 0 saturated heterocycles. The Hall–Kier alpha value is -1.28. The second-order valence-electron chi connectivity index (χ2n) is 5.11. The van der Waals surface area contributed by atoms with E-state index in [9.17, 15) is 0 Å². The highest BCUT2D eigenvalue weighted by Crippen LogP contribution is 2.18. The number of aromatic amines is 1. The molecule has 0 amide bonds. The van der Waals surface area contributed by atoms with Crippen LogP contribution in [0.15, 0.2) is 30.5 Å². The van der Waals surface area contributed by atoms with Gasteiger partial charge in [0.2, 0.25) is 0 Å². The third kappa shape index (κ3) is 2.75. The molecule has 2 aromatic rings. The topological polar surface area (TPSA) is 27.8 Å². The highest BCUT2D eigenvalue weighted by Gasteiger charge is 2.13. The normalized spacial score (nSPS) is 13.3. The number of nitrogens with one attached hydrogen (secondary N) is 2. The molecule has 0 aliphatic heterocycles. The SMILES string of the molecule is CCC(CC)C(C)NCc1c[nH]c2ccccc12. The number of para-hydroxylation sites is 1. The predicted molar refractivity (Wildman–Crippen MR) is 78.7 cm³/mol. The van der Waals surface area contributed by atoms with Crippen molar-refractivity contribution in [1.29, 1.82) is 0 Å². The molecule has 1 unspecified atom stereocenters. The molecule has 1 aromatic heterocycles. The van der Waals surface area contributed by atoms with Gasteiger partial charge in [-0.1, -0.05) is 44.9 Å². The van der Waals surface area contributed by atoms with E-state index in [1.807, 2.05) is 0 Å². The smallest absolute Gasteiger partial charge is 0.0457 e. The molecule has 1 aromatic carbocycles. The van der Waals surface area contributed by atoms with E-state index in [1.165, 1.54) is 29.3 Å². The lowest BCUT2D eigenvalue weighted by Crippen LogP contribution is -2.32. The third-order valence-electron chi connectivity index (χ3n) is 4.05. The van der Waals surface area contributed by atoms with Crippen LogP contribution in [-0.2, 0) is 6.54 Å². The first kappa shape index (κ1) is 13.2. The van der Waals surface area contributed by atoms with Crippen molar-refractivity contribution in [2.45, 2.75) is 46.2 Å². The standard InChI is InChI=1S/C16H24N2/c1-4-13(5-2)12(3)17-10-14-11-18-16-9-7-6-8-15(14)16/h6-9,11-13,17-18H,4-5,10H2,1-3H3. The van der Waals surface area contributed by atoms with Gasteiger partial charge < -0.3 is 10.3 Å². The van der Waals surface area contributed by atoms with Crippen molar-refractivity contribution >= 4 is 10.9 Å². The van der Waals surface area contributed by atoms with Gasteiger partial charge in [-0.3, -0.25) is 0 Å². The Morgan fingerprint density at radius 1 is 1.17 bits per heavy atom. The Balaban J connectivity index is 2.02. The zero-order valence-corrected chi connectivity index (χ0v) is 11.7. The molecular formula is C16H24N2. The van der Waals surface area contributed by atoms with E-state index in [0.29, 0.717) is 6.04 Å². The van der Waals surface area contributed by atoms with Crippen molar-refractivity contribution < 1.29 is 0 Å². The van der Waals surface area contributed by atoms with E-state index in [-0.39, 0.29) is 0 Å². The fraction of sp³-hybridized carbons (Fsp3) is 0.500. The summed E-state index contributed by atoms with van der Waals surface area (Å²) in [4.78, 5) is 3.33.